The Bertz CT molecular complexity index is 1060. The van der Waals surface area contributed by atoms with Crippen LogP contribution >= 0.6 is 0 Å². The van der Waals surface area contributed by atoms with E-state index < -0.39 is 0 Å². The number of pyridine rings is 1. The van der Waals surface area contributed by atoms with Crippen molar-refractivity contribution >= 4 is 28.5 Å². The van der Waals surface area contributed by atoms with Gasteiger partial charge in [-0.25, -0.2) is 4.98 Å². The van der Waals surface area contributed by atoms with Crippen molar-refractivity contribution in [3.63, 3.8) is 0 Å². The highest BCUT2D eigenvalue weighted by molar-refractivity contribution is 6.12. The van der Waals surface area contributed by atoms with Crippen LogP contribution in [0.3, 0.4) is 0 Å². The maximum absolute atomic E-state index is 13.1. The molecule has 2 amide bonds. The van der Waals surface area contributed by atoms with Crippen LogP contribution in [0.1, 0.15) is 46.1 Å². The minimum atomic E-state index is -0.176. The molecule has 0 aliphatic heterocycles. The van der Waals surface area contributed by atoms with Gasteiger partial charge in [-0.2, -0.15) is 5.10 Å². The normalized spacial score (nSPS) is 13.5. The second-order valence-electron chi connectivity index (χ2n) is 7.28. The second kappa shape index (κ2) is 7.07. The van der Waals surface area contributed by atoms with Gasteiger partial charge in [0.1, 0.15) is 0 Å². The highest BCUT2D eigenvalue weighted by Gasteiger charge is 2.28. The number of benzene rings is 1. The third kappa shape index (κ3) is 3.47. The Labute approximate surface area is 163 Å². The molecule has 0 unspecified atom stereocenters. The summed E-state index contributed by atoms with van der Waals surface area (Å²) in [5, 5.41) is 10.8. The fraction of sp³-hybridized carbons (Fsp3) is 0.333. The summed E-state index contributed by atoms with van der Waals surface area (Å²) >= 11 is 0. The van der Waals surface area contributed by atoms with Crippen LogP contribution in [-0.4, -0.2) is 33.6 Å². The number of hydrogen-bond acceptors (Lipinski definition) is 4. The molecule has 28 heavy (non-hydrogen) atoms. The summed E-state index contributed by atoms with van der Waals surface area (Å²) in [4.78, 5) is 29.3. The van der Waals surface area contributed by atoms with Crippen LogP contribution in [0.25, 0.3) is 11.0 Å². The summed E-state index contributed by atoms with van der Waals surface area (Å²) in [6.07, 6.45) is 2.54. The zero-order valence-electron chi connectivity index (χ0n) is 16.2. The standard InChI is InChI=1S/C21H23N5O2/c1-12-19-16(11-17(14-6-7-14)24-20(19)26(3)25-12)21(28)23-15-8-4-13(5-9-15)10-18(27)22-2/h4-5,8-9,11,14H,6-7,10H2,1-3H3,(H,22,27)(H,23,28). The maximum Gasteiger partial charge on any atom is 0.256 e. The van der Waals surface area contributed by atoms with E-state index >= 15 is 0 Å². The molecular weight excluding hydrogens is 354 g/mol. The molecule has 7 heteroatoms. The van der Waals surface area contributed by atoms with Gasteiger partial charge in [-0.1, -0.05) is 12.1 Å². The number of nitrogens with zero attached hydrogens (tertiary/aromatic N) is 3. The highest BCUT2D eigenvalue weighted by Crippen LogP contribution is 2.40. The van der Waals surface area contributed by atoms with Gasteiger partial charge in [-0.05, 0) is 43.5 Å². The number of rotatable bonds is 5. The van der Waals surface area contributed by atoms with Gasteiger partial charge in [0, 0.05) is 31.4 Å². The van der Waals surface area contributed by atoms with Gasteiger partial charge in [0.05, 0.1) is 23.1 Å². The molecule has 1 aliphatic carbocycles. The number of likely N-dealkylation sites (N-methyl/N-ethyl adjacent to an activating group) is 1. The van der Waals surface area contributed by atoms with E-state index in [1.807, 2.05) is 44.3 Å². The highest BCUT2D eigenvalue weighted by atomic mass is 16.2. The lowest BCUT2D eigenvalue weighted by molar-refractivity contribution is -0.119. The summed E-state index contributed by atoms with van der Waals surface area (Å²) in [5.41, 5.74) is 4.67. The first kappa shape index (κ1) is 18.2. The lowest BCUT2D eigenvalue weighted by Crippen LogP contribution is -2.19. The van der Waals surface area contributed by atoms with Crippen molar-refractivity contribution in [1.82, 2.24) is 20.1 Å². The third-order valence-electron chi connectivity index (χ3n) is 5.08. The van der Waals surface area contributed by atoms with E-state index in [4.69, 9.17) is 4.98 Å². The predicted octanol–water partition coefficient (Wildman–Crippen LogP) is 2.69. The average molecular weight is 377 g/mol. The van der Waals surface area contributed by atoms with Crippen molar-refractivity contribution in [3.05, 3.63) is 52.8 Å². The molecule has 4 rings (SSSR count). The van der Waals surface area contributed by atoms with Crippen molar-refractivity contribution < 1.29 is 9.59 Å². The Morgan fingerprint density at radius 1 is 1.21 bits per heavy atom. The molecule has 2 heterocycles. The molecule has 2 N–H and O–H groups in total. The van der Waals surface area contributed by atoms with Crippen LogP contribution in [0.15, 0.2) is 30.3 Å². The SMILES string of the molecule is CNC(=O)Cc1ccc(NC(=O)c2cc(C3CC3)nc3c2c(C)nn3C)cc1. The Morgan fingerprint density at radius 2 is 1.93 bits per heavy atom. The molecule has 144 valence electrons. The first-order chi connectivity index (χ1) is 13.5. The van der Waals surface area contributed by atoms with Crippen LogP contribution < -0.4 is 10.6 Å². The van der Waals surface area contributed by atoms with Crippen molar-refractivity contribution in [2.75, 3.05) is 12.4 Å². The lowest BCUT2D eigenvalue weighted by atomic mass is 10.1. The van der Waals surface area contributed by atoms with Gasteiger partial charge in [0.2, 0.25) is 5.91 Å². The van der Waals surface area contributed by atoms with Crippen LogP contribution in [0.2, 0.25) is 0 Å². The summed E-state index contributed by atoms with van der Waals surface area (Å²) < 4.78 is 1.74. The fourth-order valence-electron chi connectivity index (χ4n) is 3.41. The van der Waals surface area contributed by atoms with Gasteiger partial charge in [0.25, 0.3) is 5.91 Å². The van der Waals surface area contributed by atoms with E-state index in [0.29, 0.717) is 23.6 Å². The average Bonchev–Trinajstić information content (AvgIpc) is 3.49. The number of carbonyl (C=O) groups excluding carboxylic acids is 2. The number of aromatic nitrogens is 3. The van der Waals surface area contributed by atoms with E-state index in [0.717, 1.165) is 40.8 Å². The Hall–Kier alpha value is -3.22. The van der Waals surface area contributed by atoms with Crippen molar-refractivity contribution in [2.45, 2.75) is 32.1 Å². The molecule has 0 bridgehead atoms. The summed E-state index contributed by atoms with van der Waals surface area (Å²) in [5.74, 6) is 0.218. The maximum atomic E-state index is 13.1. The molecular formula is C21H23N5O2. The van der Waals surface area contributed by atoms with E-state index in [2.05, 4.69) is 15.7 Å². The molecule has 7 nitrogen and oxygen atoms in total. The van der Waals surface area contributed by atoms with E-state index in [9.17, 15) is 9.59 Å². The largest absolute Gasteiger partial charge is 0.359 e. The van der Waals surface area contributed by atoms with E-state index in [-0.39, 0.29) is 11.8 Å². The van der Waals surface area contributed by atoms with Crippen LogP contribution in [0.5, 0.6) is 0 Å². The van der Waals surface area contributed by atoms with Gasteiger partial charge in [-0.3, -0.25) is 14.3 Å². The molecule has 1 aromatic carbocycles. The smallest absolute Gasteiger partial charge is 0.256 e. The molecule has 2 aromatic heterocycles. The molecule has 0 spiro atoms. The van der Waals surface area contributed by atoms with Crippen molar-refractivity contribution in [2.24, 2.45) is 7.05 Å². The summed E-state index contributed by atoms with van der Waals surface area (Å²) in [7, 11) is 3.47. The Balaban J connectivity index is 1.63. The minimum Gasteiger partial charge on any atom is -0.359 e. The van der Waals surface area contributed by atoms with Crippen LogP contribution in [0, 0.1) is 6.92 Å². The van der Waals surface area contributed by atoms with Crippen LogP contribution in [0.4, 0.5) is 5.69 Å². The number of anilines is 1. The third-order valence-corrected chi connectivity index (χ3v) is 5.08. The zero-order valence-corrected chi connectivity index (χ0v) is 16.2. The monoisotopic (exact) mass is 377 g/mol. The molecule has 0 atom stereocenters. The lowest BCUT2D eigenvalue weighted by Gasteiger charge is -2.10. The number of fused-ring (bicyclic) bond motifs is 1. The Kier molecular flexibility index (Phi) is 4.58. The second-order valence-corrected chi connectivity index (χ2v) is 7.28. The first-order valence-corrected chi connectivity index (χ1v) is 9.41. The van der Waals surface area contributed by atoms with E-state index in [1.54, 1.807) is 11.7 Å². The molecule has 0 radical (unpaired) electrons. The van der Waals surface area contributed by atoms with Gasteiger partial charge in [-0.15, -0.1) is 0 Å². The first-order valence-electron chi connectivity index (χ1n) is 9.41. The molecule has 1 fully saturated rings. The fourth-order valence-corrected chi connectivity index (χ4v) is 3.41. The molecule has 0 saturated heterocycles. The summed E-state index contributed by atoms with van der Waals surface area (Å²) in [6, 6.07) is 9.22. The topological polar surface area (TPSA) is 88.9 Å². The number of amides is 2. The number of carbonyl (C=O) groups is 2. The molecule has 3 aromatic rings. The van der Waals surface area contributed by atoms with Crippen molar-refractivity contribution in [1.29, 1.82) is 0 Å². The van der Waals surface area contributed by atoms with Crippen LogP contribution in [-0.2, 0) is 18.3 Å². The zero-order chi connectivity index (χ0) is 19.8. The quantitative estimate of drug-likeness (QED) is 0.715. The van der Waals surface area contributed by atoms with Gasteiger partial charge in [0.15, 0.2) is 5.65 Å². The van der Waals surface area contributed by atoms with Crippen molar-refractivity contribution in [3.8, 4) is 0 Å². The molecule has 1 saturated carbocycles. The predicted molar refractivity (Wildman–Crippen MR) is 107 cm³/mol. The number of hydrogen-bond donors (Lipinski definition) is 2. The minimum absolute atomic E-state index is 0.0457. The van der Waals surface area contributed by atoms with Gasteiger partial charge >= 0.3 is 0 Å². The number of aryl methyl sites for hydroxylation is 2. The van der Waals surface area contributed by atoms with Gasteiger partial charge < -0.3 is 10.6 Å². The van der Waals surface area contributed by atoms with E-state index in [1.165, 1.54) is 0 Å². The number of nitrogens with one attached hydrogen (secondary N) is 2. The molecule has 1 aliphatic rings. The summed E-state index contributed by atoms with van der Waals surface area (Å²) in [6.45, 7) is 1.89. The Morgan fingerprint density at radius 3 is 2.57 bits per heavy atom.